The lowest BCUT2D eigenvalue weighted by atomic mass is 9.81. The fraction of sp³-hybridized carbons (Fsp3) is 0.600. The van der Waals surface area contributed by atoms with Crippen LogP contribution in [0.3, 0.4) is 0 Å². The van der Waals surface area contributed by atoms with E-state index >= 15 is 0 Å². The topological polar surface area (TPSA) is 93.1 Å². The highest BCUT2D eigenvalue weighted by Crippen LogP contribution is 2.52. The summed E-state index contributed by atoms with van der Waals surface area (Å²) in [5, 5.41) is 20.1. The number of hydrogen-bond acceptors (Lipinski definition) is 6. The van der Waals surface area contributed by atoms with Gasteiger partial charge in [0.15, 0.2) is 0 Å². The average molecular weight is 362 g/mol. The molecule has 0 amide bonds. The van der Waals surface area contributed by atoms with Gasteiger partial charge in [0.05, 0.1) is 24.0 Å². The minimum absolute atomic E-state index is 0.0818. The molecule has 0 bridgehead atoms. The molecule has 0 radical (unpaired) electrons. The molecule has 1 saturated heterocycles. The van der Waals surface area contributed by atoms with Gasteiger partial charge in [-0.05, 0) is 31.8 Å². The number of fused-ring (bicyclic) bond motifs is 3. The molecule has 0 aromatic carbocycles. The molecule has 6 atom stereocenters. The van der Waals surface area contributed by atoms with Gasteiger partial charge >= 0.3 is 11.9 Å². The molecule has 2 aliphatic carbocycles. The Bertz CT molecular complexity index is 685. The summed E-state index contributed by atoms with van der Waals surface area (Å²) in [7, 11) is 0. The molecule has 26 heavy (non-hydrogen) atoms. The molecule has 6 unspecified atom stereocenters. The normalized spacial score (nSPS) is 37.1. The second kappa shape index (κ2) is 6.35. The standard InChI is InChI=1S/C20H26O6/c1-9-6-14(25-15(22)8-20(4,5)24)17-11(3)19(23)26-18(17)16-10(2)13(21)7-12(9)16/h12-14,16-18,21,24H,1-3,6-8H2,4-5H3. The minimum Gasteiger partial charge on any atom is -0.461 e. The maximum atomic E-state index is 12.3. The monoisotopic (exact) mass is 362 g/mol. The Kier molecular flexibility index (Phi) is 4.61. The lowest BCUT2D eigenvalue weighted by molar-refractivity contribution is -0.156. The molecular formula is C20H26O6. The van der Waals surface area contributed by atoms with Crippen LogP contribution in [0.2, 0.25) is 0 Å². The van der Waals surface area contributed by atoms with Gasteiger partial charge in [0.2, 0.25) is 0 Å². The van der Waals surface area contributed by atoms with Crippen LogP contribution in [0.5, 0.6) is 0 Å². The summed E-state index contributed by atoms with van der Waals surface area (Å²) in [6.45, 7) is 15.0. The number of rotatable bonds is 3. The molecule has 0 aromatic heterocycles. The number of aliphatic hydroxyl groups excluding tert-OH is 1. The van der Waals surface area contributed by atoms with Crippen LogP contribution < -0.4 is 0 Å². The van der Waals surface area contributed by atoms with Gasteiger partial charge in [-0.25, -0.2) is 4.79 Å². The summed E-state index contributed by atoms with van der Waals surface area (Å²) < 4.78 is 11.2. The Morgan fingerprint density at radius 1 is 1.31 bits per heavy atom. The van der Waals surface area contributed by atoms with Crippen molar-refractivity contribution in [2.75, 3.05) is 0 Å². The third kappa shape index (κ3) is 3.23. The molecular weight excluding hydrogens is 336 g/mol. The molecule has 0 aromatic rings. The van der Waals surface area contributed by atoms with Gasteiger partial charge in [0, 0.05) is 17.9 Å². The zero-order valence-corrected chi connectivity index (χ0v) is 15.2. The first kappa shape index (κ1) is 18.9. The first-order valence-corrected chi connectivity index (χ1v) is 8.85. The molecule has 6 heteroatoms. The summed E-state index contributed by atoms with van der Waals surface area (Å²) in [5.74, 6) is -1.91. The van der Waals surface area contributed by atoms with Crippen LogP contribution in [0.1, 0.15) is 33.1 Å². The van der Waals surface area contributed by atoms with Gasteiger partial charge in [0.25, 0.3) is 0 Å². The van der Waals surface area contributed by atoms with E-state index in [4.69, 9.17) is 9.47 Å². The van der Waals surface area contributed by atoms with Crippen molar-refractivity contribution >= 4 is 11.9 Å². The van der Waals surface area contributed by atoms with Crippen molar-refractivity contribution in [3.05, 3.63) is 36.5 Å². The van der Waals surface area contributed by atoms with Gasteiger partial charge in [-0.2, -0.15) is 0 Å². The number of aliphatic hydroxyl groups is 2. The molecule has 142 valence electrons. The molecule has 2 N–H and O–H groups in total. The number of ether oxygens (including phenoxy) is 2. The Morgan fingerprint density at radius 2 is 1.96 bits per heavy atom. The van der Waals surface area contributed by atoms with Crippen LogP contribution in [0.4, 0.5) is 0 Å². The summed E-state index contributed by atoms with van der Waals surface area (Å²) in [6.07, 6.45) is -1.22. The maximum Gasteiger partial charge on any atom is 0.334 e. The van der Waals surface area contributed by atoms with E-state index in [1.807, 2.05) is 0 Å². The second-order valence-corrected chi connectivity index (χ2v) is 8.26. The molecule has 0 spiro atoms. The van der Waals surface area contributed by atoms with Crippen LogP contribution in [0.25, 0.3) is 0 Å². The third-order valence-electron chi connectivity index (χ3n) is 5.63. The van der Waals surface area contributed by atoms with Crippen LogP contribution in [-0.4, -0.2) is 46.1 Å². The van der Waals surface area contributed by atoms with Gasteiger partial charge in [-0.3, -0.25) is 4.79 Å². The Balaban J connectivity index is 1.91. The van der Waals surface area contributed by atoms with Crippen molar-refractivity contribution in [1.29, 1.82) is 0 Å². The van der Waals surface area contributed by atoms with Crippen molar-refractivity contribution in [3.8, 4) is 0 Å². The zero-order chi connectivity index (χ0) is 19.4. The fourth-order valence-corrected chi connectivity index (χ4v) is 4.43. The molecule has 2 saturated carbocycles. The molecule has 6 nitrogen and oxygen atoms in total. The van der Waals surface area contributed by atoms with Crippen molar-refractivity contribution in [2.24, 2.45) is 17.8 Å². The Labute approximate surface area is 153 Å². The Morgan fingerprint density at radius 3 is 2.58 bits per heavy atom. The number of carbonyl (C=O) groups excluding carboxylic acids is 2. The van der Waals surface area contributed by atoms with E-state index < -0.39 is 41.8 Å². The third-order valence-corrected chi connectivity index (χ3v) is 5.63. The van der Waals surface area contributed by atoms with E-state index in [1.54, 1.807) is 0 Å². The minimum atomic E-state index is -1.19. The predicted octanol–water partition coefficient (Wildman–Crippen LogP) is 1.67. The number of carbonyl (C=O) groups is 2. The maximum absolute atomic E-state index is 12.3. The number of hydrogen-bond donors (Lipinski definition) is 2. The predicted molar refractivity (Wildman–Crippen MR) is 93.8 cm³/mol. The largest absolute Gasteiger partial charge is 0.461 e. The van der Waals surface area contributed by atoms with Crippen LogP contribution in [0, 0.1) is 17.8 Å². The highest BCUT2D eigenvalue weighted by molar-refractivity contribution is 5.91. The first-order valence-electron chi connectivity index (χ1n) is 8.85. The molecule has 3 aliphatic rings. The zero-order valence-electron chi connectivity index (χ0n) is 15.2. The summed E-state index contributed by atoms with van der Waals surface area (Å²) in [4.78, 5) is 24.4. The Hall–Kier alpha value is -1.92. The van der Waals surface area contributed by atoms with E-state index in [-0.39, 0.29) is 23.8 Å². The smallest absolute Gasteiger partial charge is 0.334 e. The van der Waals surface area contributed by atoms with Crippen LogP contribution in [-0.2, 0) is 19.1 Å². The second-order valence-electron chi connectivity index (χ2n) is 8.26. The fourth-order valence-electron chi connectivity index (χ4n) is 4.43. The van der Waals surface area contributed by atoms with E-state index in [2.05, 4.69) is 19.7 Å². The molecule has 3 fully saturated rings. The van der Waals surface area contributed by atoms with Gasteiger partial charge in [0.1, 0.15) is 12.2 Å². The highest BCUT2D eigenvalue weighted by atomic mass is 16.6. The molecule has 1 aliphatic heterocycles. The van der Waals surface area contributed by atoms with Crippen molar-refractivity contribution in [3.63, 3.8) is 0 Å². The van der Waals surface area contributed by atoms with E-state index in [0.717, 1.165) is 5.57 Å². The summed E-state index contributed by atoms with van der Waals surface area (Å²) in [6, 6.07) is 0. The van der Waals surface area contributed by atoms with Crippen molar-refractivity contribution in [1.82, 2.24) is 0 Å². The van der Waals surface area contributed by atoms with Crippen molar-refractivity contribution < 1.29 is 29.3 Å². The lowest BCUT2D eigenvalue weighted by Gasteiger charge is -2.28. The first-order chi connectivity index (χ1) is 12.0. The van der Waals surface area contributed by atoms with E-state index in [9.17, 15) is 19.8 Å². The van der Waals surface area contributed by atoms with Crippen LogP contribution in [0.15, 0.2) is 36.5 Å². The average Bonchev–Trinajstić information content (AvgIpc) is 2.90. The van der Waals surface area contributed by atoms with Crippen LogP contribution >= 0.6 is 0 Å². The quantitative estimate of drug-likeness (QED) is 0.451. The lowest BCUT2D eigenvalue weighted by Crippen LogP contribution is -2.37. The van der Waals surface area contributed by atoms with Gasteiger partial charge < -0.3 is 19.7 Å². The van der Waals surface area contributed by atoms with Crippen molar-refractivity contribution in [2.45, 2.75) is 57.0 Å². The number of esters is 2. The summed E-state index contributed by atoms with van der Waals surface area (Å²) in [5.41, 5.74) is 0.536. The molecule has 1 heterocycles. The van der Waals surface area contributed by atoms with Gasteiger partial charge in [-0.15, -0.1) is 0 Å². The van der Waals surface area contributed by atoms with E-state index in [1.165, 1.54) is 13.8 Å². The SMILES string of the molecule is C=C1CC(OC(=O)CC(C)(C)O)C2C(=C)C(=O)OC2C2C(=C)C(O)CC12. The van der Waals surface area contributed by atoms with E-state index in [0.29, 0.717) is 18.4 Å². The molecule has 3 rings (SSSR count). The van der Waals surface area contributed by atoms with Gasteiger partial charge in [-0.1, -0.05) is 25.3 Å². The summed E-state index contributed by atoms with van der Waals surface area (Å²) >= 11 is 0. The highest BCUT2D eigenvalue weighted by Gasteiger charge is 2.56.